The van der Waals surface area contributed by atoms with Gasteiger partial charge in [0.05, 0.1) is 23.4 Å². The fourth-order valence-corrected chi connectivity index (χ4v) is 5.95. The van der Waals surface area contributed by atoms with E-state index < -0.39 is 17.3 Å². The van der Waals surface area contributed by atoms with Crippen LogP contribution >= 0.6 is 0 Å². The first-order valence-electron chi connectivity index (χ1n) is 15.1. The van der Waals surface area contributed by atoms with E-state index in [1.807, 2.05) is 31.7 Å². The summed E-state index contributed by atoms with van der Waals surface area (Å²) in [4.78, 5) is 43.8. The zero-order chi connectivity index (χ0) is 31.8. The lowest BCUT2D eigenvalue weighted by molar-refractivity contribution is -0.126. The average molecular weight is 616 g/mol. The molecular weight excluding hydrogens is 580 g/mol. The highest BCUT2D eigenvalue weighted by molar-refractivity contribution is 5.91. The number of hydrogen-bond acceptors (Lipinski definition) is 8. The molecule has 6 bridgehead atoms. The van der Waals surface area contributed by atoms with Gasteiger partial charge in [0, 0.05) is 56.3 Å². The Labute approximate surface area is 259 Å². The van der Waals surface area contributed by atoms with Crippen LogP contribution in [0.1, 0.15) is 44.4 Å². The Morgan fingerprint density at radius 3 is 2.73 bits per heavy atom. The van der Waals surface area contributed by atoms with Crippen molar-refractivity contribution in [3.63, 3.8) is 0 Å². The smallest absolute Gasteiger partial charge is 0.355 e. The van der Waals surface area contributed by atoms with Gasteiger partial charge in [0.1, 0.15) is 23.1 Å². The van der Waals surface area contributed by atoms with Gasteiger partial charge in [0.25, 0.3) is 0 Å². The lowest BCUT2D eigenvalue weighted by Gasteiger charge is -2.40. The van der Waals surface area contributed by atoms with Crippen molar-refractivity contribution >= 4 is 28.4 Å². The molecule has 1 N–H and O–H groups in total. The summed E-state index contributed by atoms with van der Waals surface area (Å²) in [6.07, 6.45) is 3.67. The van der Waals surface area contributed by atoms with Crippen molar-refractivity contribution < 1.29 is 18.3 Å². The van der Waals surface area contributed by atoms with Gasteiger partial charge in [-0.15, -0.1) is 0 Å². The SMILES string of the molecule is C=CC(=O)N1CCN(c2nc(=O)n3c4nc(c(F)cc24)-c2cc(ccc2F)NCCCOCc2cnc(C(C)C)c-3c2)[C@@H](C)C1. The van der Waals surface area contributed by atoms with E-state index in [0.717, 1.165) is 5.56 Å². The van der Waals surface area contributed by atoms with Gasteiger partial charge in [-0.25, -0.2) is 23.1 Å². The summed E-state index contributed by atoms with van der Waals surface area (Å²) in [6.45, 7) is 11.8. The van der Waals surface area contributed by atoms with Gasteiger partial charge in [-0.2, -0.15) is 4.98 Å². The molecule has 12 heteroatoms. The Bertz CT molecular complexity index is 1860. The average Bonchev–Trinajstić information content (AvgIpc) is 3.02. The molecule has 1 fully saturated rings. The first kappa shape index (κ1) is 30.3. The molecular formula is C33H35F2N7O3. The summed E-state index contributed by atoms with van der Waals surface area (Å²) in [5.41, 5.74) is 1.62. The van der Waals surface area contributed by atoms with Crippen LogP contribution in [0.2, 0.25) is 0 Å². The highest BCUT2D eigenvalue weighted by Gasteiger charge is 2.30. The summed E-state index contributed by atoms with van der Waals surface area (Å²) in [6, 6.07) is 7.21. The molecule has 5 heterocycles. The lowest BCUT2D eigenvalue weighted by atomic mass is 10.1. The zero-order valence-electron chi connectivity index (χ0n) is 25.5. The number of rotatable bonds is 3. The molecule has 2 aliphatic rings. The van der Waals surface area contributed by atoms with Crippen LogP contribution in [0.3, 0.4) is 0 Å². The number of fused-ring (bicyclic) bond motifs is 7. The van der Waals surface area contributed by atoms with E-state index in [0.29, 0.717) is 56.3 Å². The van der Waals surface area contributed by atoms with Gasteiger partial charge in [0.2, 0.25) is 5.91 Å². The fourth-order valence-electron chi connectivity index (χ4n) is 5.95. The normalized spacial score (nSPS) is 17.1. The lowest BCUT2D eigenvalue weighted by Crippen LogP contribution is -2.54. The van der Waals surface area contributed by atoms with Gasteiger partial charge in [-0.3, -0.25) is 9.78 Å². The van der Waals surface area contributed by atoms with Gasteiger partial charge < -0.3 is 19.9 Å². The van der Waals surface area contributed by atoms with Crippen molar-refractivity contribution in [3.05, 3.63) is 82.6 Å². The molecule has 4 aromatic rings. The van der Waals surface area contributed by atoms with Crippen molar-refractivity contribution in [1.29, 1.82) is 0 Å². The van der Waals surface area contributed by atoms with Crippen molar-refractivity contribution in [3.8, 4) is 16.9 Å². The first-order valence-corrected chi connectivity index (χ1v) is 15.1. The Hall–Kier alpha value is -4.71. The Morgan fingerprint density at radius 1 is 1.16 bits per heavy atom. The number of pyridine rings is 2. The summed E-state index contributed by atoms with van der Waals surface area (Å²) in [5.74, 6) is -1.44. The number of piperazine rings is 1. The maximum absolute atomic E-state index is 16.1. The van der Waals surface area contributed by atoms with E-state index in [-0.39, 0.29) is 52.6 Å². The van der Waals surface area contributed by atoms with E-state index in [1.165, 1.54) is 28.8 Å². The number of hydrogen-bond donors (Lipinski definition) is 1. The zero-order valence-corrected chi connectivity index (χ0v) is 25.5. The third-order valence-corrected chi connectivity index (χ3v) is 8.21. The summed E-state index contributed by atoms with van der Waals surface area (Å²) >= 11 is 0. The van der Waals surface area contributed by atoms with Crippen LogP contribution in [0, 0.1) is 11.6 Å². The summed E-state index contributed by atoms with van der Waals surface area (Å²) in [5, 5.41) is 3.51. The largest absolute Gasteiger partial charge is 0.385 e. The molecule has 3 aromatic heterocycles. The Kier molecular flexibility index (Phi) is 8.32. The van der Waals surface area contributed by atoms with E-state index in [1.54, 1.807) is 17.2 Å². The molecule has 0 unspecified atom stereocenters. The highest BCUT2D eigenvalue weighted by atomic mass is 19.1. The molecule has 2 aliphatic heterocycles. The number of benzene rings is 1. The fraction of sp³-hybridized carbons (Fsp3) is 0.364. The number of nitrogens with one attached hydrogen (secondary N) is 1. The second-order valence-corrected chi connectivity index (χ2v) is 11.7. The van der Waals surface area contributed by atoms with E-state index in [9.17, 15) is 9.59 Å². The van der Waals surface area contributed by atoms with Crippen molar-refractivity contribution in [2.75, 3.05) is 43.0 Å². The van der Waals surface area contributed by atoms with Crippen LogP contribution in [0.15, 0.2) is 54.0 Å². The molecule has 0 spiro atoms. The topological polar surface area (TPSA) is 105 Å². The molecule has 1 aromatic carbocycles. The quantitative estimate of drug-likeness (QED) is 0.328. The van der Waals surface area contributed by atoms with Crippen LogP contribution in [-0.2, 0) is 16.1 Å². The standard InChI is InChI=1S/C33H35F2N7O3/c1-5-28(43)40-10-11-41(20(4)17-40)31-24-15-26(35)30-23-14-22(7-8-25(23)34)36-9-6-12-45-18-21-13-27(29(19(2)3)37-16-21)42(32(24)38-30)33(44)39-31/h5,7-8,13-16,19-20,36H,1,6,9-12,17-18H2,2-4H3/t20-/m0/s1. The second kappa shape index (κ2) is 12.4. The third-order valence-electron chi connectivity index (χ3n) is 8.21. The minimum absolute atomic E-state index is 0.0408. The molecule has 6 rings (SSSR count). The second-order valence-electron chi connectivity index (χ2n) is 11.7. The Balaban J connectivity index is 1.64. The Morgan fingerprint density at radius 2 is 1.98 bits per heavy atom. The van der Waals surface area contributed by atoms with Crippen molar-refractivity contribution in [2.45, 2.75) is 45.8 Å². The number of carbonyl (C=O) groups excluding carboxylic acids is 1. The molecule has 45 heavy (non-hydrogen) atoms. The number of halogens is 2. The van der Waals surface area contributed by atoms with Gasteiger partial charge in [0.15, 0.2) is 5.65 Å². The molecule has 234 valence electrons. The minimum atomic E-state index is -0.759. The van der Waals surface area contributed by atoms with Crippen molar-refractivity contribution in [1.82, 2.24) is 24.4 Å². The summed E-state index contributed by atoms with van der Waals surface area (Å²) in [7, 11) is 0. The maximum Gasteiger partial charge on any atom is 0.355 e. The number of carbonyl (C=O) groups is 1. The van der Waals surface area contributed by atoms with E-state index in [2.05, 4.69) is 26.8 Å². The minimum Gasteiger partial charge on any atom is -0.385 e. The molecule has 1 atom stereocenters. The summed E-state index contributed by atoms with van der Waals surface area (Å²) < 4.78 is 38.7. The number of amides is 1. The predicted octanol–water partition coefficient (Wildman–Crippen LogP) is 4.80. The molecule has 0 aliphatic carbocycles. The molecule has 0 radical (unpaired) electrons. The molecule has 1 saturated heterocycles. The number of anilines is 2. The van der Waals surface area contributed by atoms with Crippen LogP contribution in [0.25, 0.3) is 28.0 Å². The maximum atomic E-state index is 16.1. The number of nitrogens with zero attached hydrogens (tertiary/aromatic N) is 6. The van der Waals surface area contributed by atoms with Crippen LogP contribution in [-0.4, -0.2) is 69.2 Å². The first-order chi connectivity index (χ1) is 21.7. The van der Waals surface area contributed by atoms with E-state index >= 15 is 8.78 Å². The monoisotopic (exact) mass is 615 g/mol. The molecule has 10 nitrogen and oxygen atoms in total. The van der Waals surface area contributed by atoms with Crippen LogP contribution in [0.4, 0.5) is 20.3 Å². The van der Waals surface area contributed by atoms with E-state index in [4.69, 9.17) is 4.74 Å². The van der Waals surface area contributed by atoms with Gasteiger partial charge in [-0.1, -0.05) is 20.4 Å². The number of ether oxygens (including phenoxy) is 1. The molecule has 1 amide bonds. The third kappa shape index (κ3) is 5.77. The highest BCUT2D eigenvalue weighted by Crippen LogP contribution is 2.34. The van der Waals surface area contributed by atoms with Gasteiger partial charge >= 0.3 is 5.69 Å². The number of aromatic nitrogens is 4. The van der Waals surface area contributed by atoms with Crippen LogP contribution in [0.5, 0.6) is 0 Å². The van der Waals surface area contributed by atoms with Gasteiger partial charge in [-0.05, 0) is 61.2 Å². The predicted molar refractivity (Wildman–Crippen MR) is 169 cm³/mol. The van der Waals surface area contributed by atoms with Crippen LogP contribution < -0.4 is 15.9 Å². The van der Waals surface area contributed by atoms with Crippen molar-refractivity contribution in [2.24, 2.45) is 0 Å². The molecule has 0 saturated carbocycles.